The lowest BCUT2D eigenvalue weighted by molar-refractivity contribution is -0.167. The van der Waals surface area contributed by atoms with Crippen molar-refractivity contribution < 1.29 is 34.1 Å². The van der Waals surface area contributed by atoms with Crippen LogP contribution >= 0.6 is 0 Å². The smallest absolute Gasteiger partial charge is 0.346 e. The molecular formula is C13H21N3O7. The Morgan fingerprint density at radius 3 is 2.43 bits per heavy atom. The first-order chi connectivity index (χ1) is 10.7. The van der Waals surface area contributed by atoms with Gasteiger partial charge in [0.25, 0.3) is 0 Å². The van der Waals surface area contributed by atoms with E-state index in [1.807, 2.05) is 0 Å². The van der Waals surface area contributed by atoms with Crippen molar-refractivity contribution in [2.75, 3.05) is 13.1 Å². The highest BCUT2D eigenvalue weighted by atomic mass is 16.6. The molecule has 1 aliphatic heterocycles. The fourth-order valence-electron chi connectivity index (χ4n) is 2.35. The van der Waals surface area contributed by atoms with Gasteiger partial charge in [-0.3, -0.25) is 19.3 Å². The summed E-state index contributed by atoms with van der Waals surface area (Å²) in [6.07, 6.45) is -0.672. The third-order valence-corrected chi connectivity index (χ3v) is 3.59. The first kappa shape index (κ1) is 18.8. The Kier molecular flexibility index (Phi) is 6.91. The maximum Gasteiger partial charge on any atom is 0.346 e. The number of carbonyl (C=O) groups excluding carboxylic acids is 2. The molecule has 0 aromatic carbocycles. The number of likely N-dealkylation sites (tertiary alicyclic amines) is 1. The number of esters is 1. The Labute approximate surface area is 132 Å². The van der Waals surface area contributed by atoms with Gasteiger partial charge in [-0.25, -0.2) is 4.79 Å². The molecule has 1 fully saturated rings. The monoisotopic (exact) mass is 331 g/mol. The van der Waals surface area contributed by atoms with Crippen LogP contribution in [0.5, 0.6) is 0 Å². The van der Waals surface area contributed by atoms with Crippen molar-refractivity contribution in [3.05, 3.63) is 0 Å². The zero-order chi connectivity index (χ0) is 17.6. The Bertz CT molecular complexity index is 482. The van der Waals surface area contributed by atoms with Crippen LogP contribution in [0.4, 0.5) is 0 Å². The number of hydrogen-bond donors (Lipinski definition) is 4. The molecule has 0 spiro atoms. The van der Waals surface area contributed by atoms with Crippen molar-refractivity contribution in [1.29, 1.82) is 0 Å². The van der Waals surface area contributed by atoms with Gasteiger partial charge in [-0.2, -0.15) is 0 Å². The second kappa shape index (κ2) is 8.44. The van der Waals surface area contributed by atoms with E-state index >= 15 is 0 Å². The lowest BCUT2D eigenvalue weighted by Crippen LogP contribution is -2.46. The van der Waals surface area contributed by atoms with Crippen LogP contribution in [0.3, 0.4) is 0 Å². The highest BCUT2D eigenvalue weighted by Gasteiger charge is 2.35. The summed E-state index contributed by atoms with van der Waals surface area (Å²) in [7, 11) is 0. The number of carboxylic acid groups (broad SMARTS) is 2. The molecule has 1 unspecified atom stereocenters. The Hall–Kier alpha value is -2.20. The van der Waals surface area contributed by atoms with E-state index in [9.17, 15) is 19.2 Å². The van der Waals surface area contributed by atoms with Crippen molar-refractivity contribution in [2.45, 2.75) is 43.9 Å². The van der Waals surface area contributed by atoms with Gasteiger partial charge in [0.05, 0.1) is 0 Å². The number of ether oxygens (including phenoxy) is 1. The Morgan fingerprint density at radius 2 is 1.91 bits per heavy atom. The van der Waals surface area contributed by atoms with E-state index in [0.29, 0.717) is 19.4 Å². The van der Waals surface area contributed by atoms with E-state index in [1.54, 1.807) is 0 Å². The van der Waals surface area contributed by atoms with Gasteiger partial charge in [0.15, 0.2) is 0 Å². The number of hydrogen-bond acceptors (Lipinski definition) is 7. The van der Waals surface area contributed by atoms with Gasteiger partial charge in [0, 0.05) is 13.0 Å². The van der Waals surface area contributed by atoms with E-state index in [2.05, 4.69) is 0 Å². The fraction of sp³-hybridized carbons (Fsp3) is 0.692. The molecule has 3 atom stereocenters. The maximum absolute atomic E-state index is 11.8. The van der Waals surface area contributed by atoms with Crippen molar-refractivity contribution >= 4 is 23.8 Å². The number of primary amides is 1. The number of aliphatic carboxylic acids is 2. The third kappa shape index (κ3) is 5.83. The number of nitrogens with zero attached hydrogens (tertiary/aromatic N) is 1. The second-order valence-electron chi connectivity index (χ2n) is 5.37. The average molecular weight is 331 g/mol. The second-order valence-corrected chi connectivity index (χ2v) is 5.37. The van der Waals surface area contributed by atoms with E-state index in [-0.39, 0.29) is 19.4 Å². The first-order valence-electron chi connectivity index (χ1n) is 7.16. The van der Waals surface area contributed by atoms with Gasteiger partial charge in [-0.05, 0) is 25.8 Å². The zero-order valence-electron chi connectivity index (χ0n) is 12.5. The van der Waals surface area contributed by atoms with Crippen molar-refractivity contribution in [3.8, 4) is 0 Å². The lowest BCUT2D eigenvalue weighted by Gasteiger charge is -2.25. The van der Waals surface area contributed by atoms with Gasteiger partial charge in [0.2, 0.25) is 12.0 Å². The molecule has 1 rings (SSSR count). The average Bonchev–Trinajstić information content (AvgIpc) is 2.91. The third-order valence-electron chi connectivity index (χ3n) is 3.59. The largest absolute Gasteiger partial charge is 0.480 e. The minimum absolute atomic E-state index is 0.0536. The molecule has 0 aromatic rings. The molecule has 1 amide bonds. The highest BCUT2D eigenvalue weighted by Crippen LogP contribution is 2.18. The van der Waals surface area contributed by atoms with Crippen LogP contribution in [-0.4, -0.2) is 70.2 Å². The van der Waals surface area contributed by atoms with Gasteiger partial charge < -0.3 is 26.4 Å². The van der Waals surface area contributed by atoms with Crippen LogP contribution in [0.1, 0.15) is 25.7 Å². The predicted molar refractivity (Wildman–Crippen MR) is 76.2 cm³/mol. The minimum atomic E-state index is -1.53. The summed E-state index contributed by atoms with van der Waals surface area (Å²) in [4.78, 5) is 46.2. The lowest BCUT2D eigenvalue weighted by atomic mass is 10.1. The minimum Gasteiger partial charge on any atom is -0.480 e. The van der Waals surface area contributed by atoms with Crippen LogP contribution in [0.2, 0.25) is 0 Å². The molecule has 23 heavy (non-hydrogen) atoms. The summed E-state index contributed by atoms with van der Waals surface area (Å²) in [5, 5.41) is 18.2. The molecule has 0 aliphatic carbocycles. The van der Waals surface area contributed by atoms with Crippen molar-refractivity contribution in [1.82, 2.24) is 4.90 Å². The Balaban J connectivity index is 2.61. The SMILES string of the molecule is NC(=O)CCC(N)C(=O)O[C@@H](CN1CCC[C@H]1C(=O)O)C(=O)O. The molecule has 0 aromatic heterocycles. The van der Waals surface area contributed by atoms with E-state index in [4.69, 9.17) is 26.4 Å². The normalized spacial score (nSPS) is 20.7. The molecule has 10 heteroatoms. The molecule has 1 saturated heterocycles. The van der Waals surface area contributed by atoms with Crippen LogP contribution < -0.4 is 11.5 Å². The van der Waals surface area contributed by atoms with Crippen LogP contribution in [-0.2, 0) is 23.9 Å². The van der Waals surface area contributed by atoms with E-state index in [1.165, 1.54) is 4.90 Å². The molecule has 0 radical (unpaired) electrons. The molecule has 6 N–H and O–H groups in total. The summed E-state index contributed by atoms with van der Waals surface area (Å²) < 4.78 is 4.85. The maximum atomic E-state index is 11.8. The van der Waals surface area contributed by atoms with E-state index < -0.39 is 42.0 Å². The zero-order valence-corrected chi connectivity index (χ0v) is 12.5. The number of carboxylic acids is 2. The summed E-state index contributed by atoms with van der Waals surface area (Å²) in [6, 6.07) is -1.96. The molecule has 130 valence electrons. The number of rotatable bonds is 9. The Morgan fingerprint density at radius 1 is 1.26 bits per heavy atom. The van der Waals surface area contributed by atoms with Gasteiger partial charge >= 0.3 is 17.9 Å². The van der Waals surface area contributed by atoms with Gasteiger partial charge in [-0.1, -0.05) is 0 Å². The van der Waals surface area contributed by atoms with Crippen LogP contribution in [0.25, 0.3) is 0 Å². The van der Waals surface area contributed by atoms with E-state index in [0.717, 1.165) is 0 Å². The van der Waals surface area contributed by atoms with Crippen LogP contribution in [0.15, 0.2) is 0 Å². The predicted octanol–water partition coefficient (Wildman–Crippen LogP) is -1.88. The number of carbonyl (C=O) groups is 4. The summed E-state index contributed by atoms with van der Waals surface area (Å²) in [5.41, 5.74) is 10.5. The number of nitrogens with two attached hydrogens (primary N) is 2. The molecule has 1 aliphatic rings. The molecule has 1 heterocycles. The first-order valence-corrected chi connectivity index (χ1v) is 7.16. The fourth-order valence-corrected chi connectivity index (χ4v) is 2.35. The highest BCUT2D eigenvalue weighted by molar-refractivity contribution is 5.82. The van der Waals surface area contributed by atoms with Crippen molar-refractivity contribution in [3.63, 3.8) is 0 Å². The van der Waals surface area contributed by atoms with Crippen molar-refractivity contribution in [2.24, 2.45) is 11.5 Å². The number of amides is 1. The summed E-state index contributed by atoms with van der Waals surface area (Å²) in [5.74, 6) is -4.04. The molecule has 0 saturated carbocycles. The van der Waals surface area contributed by atoms with Gasteiger partial charge in [-0.15, -0.1) is 0 Å². The summed E-state index contributed by atoms with van der Waals surface area (Å²) in [6.45, 7) is 0.173. The molecule has 0 bridgehead atoms. The molecular weight excluding hydrogens is 310 g/mol. The topological polar surface area (TPSA) is 173 Å². The van der Waals surface area contributed by atoms with Crippen LogP contribution in [0, 0.1) is 0 Å². The summed E-state index contributed by atoms with van der Waals surface area (Å²) >= 11 is 0. The van der Waals surface area contributed by atoms with Gasteiger partial charge in [0.1, 0.15) is 12.1 Å². The quantitative estimate of drug-likeness (QED) is 0.353. The molecule has 10 nitrogen and oxygen atoms in total. The standard InChI is InChI=1S/C13H21N3O7/c14-7(3-4-10(15)17)13(22)23-9(12(20)21)6-16-5-1-2-8(16)11(18)19/h7-9H,1-6,14H2,(H2,15,17)(H,18,19)(H,20,21)/t7?,8-,9-/m0/s1.